The molecule has 2 aromatic rings. The van der Waals surface area contributed by atoms with Gasteiger partial charge in [-0.25, -0.2) is 0 Å². The first-order valence-corrected chi connectivity index (χ1v) is 6.59. The quantitative estimate of drug-likeness (QED) is 0.856. The van der Waals surface area contributed by atoms with Crippen LogP contribution in [0.4, 0.5) is 0 Å². The molecule has 104 valence electrons. The Morgan fingerprint density at radius 3 is 3.05 bits per heavy atom. The van der Waals surface area contributed by atoms with Crippen LogP contribution in [0.25, 0.3) is 0 Å². The monoisotopic (exact) mass is 272 g/mol. The lowest BCUT2D eigenvalue weighted by Crippen LogP contribution is -2.38. The van der Waals surface area contributed by atoms with Gasteiger partial charge >= 0.3 is 0 Å². The third-order valence-corrected chi connectivity index (χ3v) is 3.49. The lowest BCUT2D eigenvalue weighted by Gasteiger charge is -2.27. The van der Waals surface area contributed by atoms with Crippen LogP contribution in [0.1, 0.15) is 11.3 Å². The molecule has 0 N–H and O–H groups in total. The fourth-order valence-corrected chi connectivity index (χ4v) is 2.44. The van der Waals surface area contributed by atoms with E-state index in [1.54, 1.807) is 18.0 Å². The van der Waals surface area contributed by atoms with Crippen molar-refractivity contribution in [1.82, 2.24) is 10.1 Å². The molecule has 0 spiro atoms. The summed E-state index contributed by atoms with van der Waals surface area (Å²) in [5.74, 6) is 0.819. The highest BCUT2D eigenvalue weighted by molar-refractivity contribution is 5.79. The Hall–Kier alpha value is -2.30. The second kappa shape index (κ2) is 5.36. The molecule has 1 aromatic carbocycles. The van der Waals surface area contributed by atoms with Gasteiger partial charge in [-0.15, -0.1) is 0 Å². The fraction of sp³-hybridized carbons (Fsp3) is 0.333. The van der Waals surface area contributed by atoms with Gasteiger partial charge in [0.1, 0.15) is 24.3 Å². The number of nitrogens with zero attached hydrogens (tertiary/aromatic N) is 2. The minimum absolute atomic E-state index is 0.0718. The molecule has 1 aromatic heterocycles. The van der Waals surface area contributed by atoms with Gasteiger partial charge in [0.2, 0.25) is 5.91 Å². The van der Waals surface area contributed by atoms with Gasteiger partial charge in [-0.1, -0.05) is 23.4 Å². The van der Waals surface area contributed by atoms with E-state index in [0.29, 0.717) is 13.2 Å². The third-order valence-electron chi connectivity index (χ3n) is 3.49. The lowest BCUT2D eigenvalue weighted by molar-refractivity contribution is -0.136. The smallest absolute Gasteiger partial charge is 0.229 e. The third kappa shape index (κ3) is 2.52. The van der Waals surface area contributed by atoms with Crippen LogP contribution in [-0.4, -0.2) is 29.6 Å². The van der Waals surface area contributed by atoms with E-state index in [-0.39, 0.29) is 11.8 Å². The molecule has 1 aliphatic rings. The maximum absolute atomic E-state index is 12.4. The van der Waals surface area contributed by atoms with E-state index in [1.807, 2.05) is 24.3 Å². The Balaban J connectivity index is 1.66. The number of benzene rings is 1. The van der Waals surface area contributed by atoms with E-state index in [1.165, 1.54) is 6.26 Å². The van der Waals surface area contributed by atoms with Crippen LogP contribution in [0, 0.1) is 5.92 Å². The van der Waals surface area contributed by atoms with E-state index < -0.39 is 0 Å². The van der Waals surface area contributed by atoms with E-state index in [2.05, 4.69) is 5.16 Å². The summed E-state index contributed by atoms with van der Waals surface area (Å²) in [6.07, 6.45) is 2.23. The van der Waals surface area contributed by atoms with Crippen LogP contribution < -0.4 is 4.74 Å². The van der Waals surface area contributed by atoms with Gasteiger partial charge in [0, 0.05) is 13.1 Å². The molecule has 20 heavy (non-hydrogen) atoms. The zero-order valence-corrected chi connectivity index (χ0v) is 11.3. The van der Waals surface area contributed by atoms with Gasteiger partial charge in [0.15, 0.2) is 0 Å². The van der Waals surface area contributed by atoms with Crippen LogP contribution in [-0.2, 0) is 17.8 Å². The minimum atomic E-state index is -0.137. The molecule has 5 heteroatoms. The first-order chi connectivity index (χ1) is 9.74. The number of carbonyl (C=O) groups is 1. The molecule has 5 nitrogen and oxygen atoms in total. The number of para-hydroxylation sites is 1. The first-order valence-electron chi connectivity index (χ1n) is 6.59. The molecule has 0 saturated heterocycles. The predicted molar refractivity (Wildman–Crippen MR) is 72.1 cm³/mol. The van der Waals surface area contributed by atoms with Crippen LogP contribution in [0.2, 0.25) is 0 Å². The summed E-state index contributed by atoms with van der Waals surface area (Å²) in [5, 5.41) is 3.82. The number of fused-ring (bicyclic) bond motifs is 1. The molecule has 0 bridgehead atoms. The highest BCUT2D eigenvalue weighted by atomic mass is 16.5. The molecule has 1 aliphatic heterocycles. The number of ether oxygens (including phenoxy) is 1. The number of amides is 1. The predicted octanol–water partition coefficient (Wildman–Crippen LogP) is 1.88. The summed E-state index contributed by atoms with van der Waals surface area (Å²) >= 11 is 0. The fourth-order valence-electron chi connectivity index (χ4n) is 2.44. The summed E-state index contributed by atoms with van der Waals surface area (Å²) in [5.41, 5.74) is 1.84. The SMILES string of the molecule is CN(Cc1ccon1)C(=O)[C@@H]1COc2ccccc2C1. The van der Waals surface area contributed by atoms with E-state index in [9.17, 15) is 4.79 Å². The normalized spacial score (nSPS) is 17.1. The van der Waals surface area contributed by atoms with E-state index in [0.717, 1.165) is 23.4 Å². The van der Waals surface area contributed by atoms with Crippen LogP contribution in [0.3, 0.4) is 0 Å². The summed E-state index contributed by atoms with van der Waals surface area (Å²) in [6, 6.07) is 9.61. The first kappa shape index (κ1) is 12.7. The summed E-state index contributed by atoms with van der Waals surface area (Å²) in [6.45, 7) is 0.881. The summed E-state index contributed by atoms with van der Waals surface area (Å²) < 4.78 is 10.4. The molecule has 1 amide bonds. The van der Waals surface area contributed by atoms with Crippen molar-refractivity contribution in [1.29, 1.82) is 0 Å². The summed E-state index contributed by atoms with van der Waals surface area (Å²) in [4.78, 5) is 14.1. The molecule has 0 saturated carbocycles. The van der Waals surface area contributed by atoms with Gasteiger partial charge in [-0.3, -0.25) is 4.79 Å². The number of hydrogen-bond donors (Lipinski definition) is 0. The molecule has 2 heterocycles. The number of carbonyl (C=O) groups excluding carboxylic acids is 1. The minimum Gasteiger partial charge on any atom is -0.492 e. The Labute approximate surface area is 117 Å². The van der Waals surface area contributed by atoms with Crippen molar-refractivity contribution in [2.45, 2.75) is 13.0 Å². The van der Waals surface area contributed by atoms with Crippen LogP contribution in [0.5, 0.6) is 5.75 Å². The van der Waals surface area contributed by atoms with Crippen molar-refractivity contribution < 1.29 is 14.1 Å². The zero-order chi connectivity index (χ0) is 13.9. The van der Waals surface area contributed by atoms with Gasteiger partial charge in [0.05, 0.1) is 12.5 Å². The van der Waals surface area contributed by atoms with Crippen molar-refractivity contribution in [3.8, 4) is 5.75 Å². The molecule has 1 atom stereocenters. The van der Waals surface area contributed by atoms with Crippen molar-refractivity contribution in [2.75, 3.05) is 13.7 Å². The number of rotatable bonds is 3. The van der Waals surface area contributed by atoms with Crippen LogP contribution >= 0.6 is 0 Å². The molecule has 0 radical (unpaired) electrons. The summed E-state index contributed by atoms with van der Waals surface area (Å²) in [7, 11) is 1.78. The highest BCUT2D eigenvalue weighted by Gasteiger charge is 2.28. The molecule has 3 rings (SSSR count). The van der Waals surface area contributed by atoms with Crippen molar-refractivity contribution in [2.24, 2.45) is 5.92 Å². The number of hydrogen-bond acceptors (Lipinski definition) is 4. The topological polar surface area (TPSA) is 55.6 Å². The van der Waals surface area contributed by atoms with E-state index in [4.69, 9.17) is 9.26 Å². The largest absolute Gasteiger partial charge is 0.492 e. The molecule has 0 aliphatic carbocycles. The average Bonchev–Trinajstić information content (AvgIpc) is 2.99. The zero-order valence-electron chi connectivity index (χ0n) is 11.3. The Morgan fingerprint density at radius 1 is 1.40 bits per heavy atom. The molecular weight excluding hydrogens is 256 g/mol. The molecule has 0 fully saturated rings. The second-order valence-corrected chi connectivity index (χ2v) is 5.00. The van der Waals surface area contributed by atoms with Crippen LogP contribution in [0.15, 0.2) is 41.1 Å². The van der Waals surface area contributed by atoms with Crippen molar-refractivity contribution in [3.63, 3.8) is 0 Å². The molecule has 0 unspecified atom stereocenters. The maximum atomic E-state index is 12.4. The Bertz CT molecular complexity index is 595. The van der Waals surface area contributed by atoms with Crippen molar-refractivity contribution >= 4 is 5.91 Å². The van der Waals surface area contributed by atoms with Crippen molar-refractivity contribution in [3.05, 3.63) is 47.9 Å². The molecular formula is C15H16N2O3. The Morgan fingerprint density at radius 2 is 2.25 bits per heavy atom. The number of aromatic nitrogens is 1. The average molecular weight is 272 g/mol. The van der Waals surface area contributed by atoms with E-state index >= 15 is 0 Å². The highest BCUT2D eigenvalue weighted by Crippen LogP contribution is 2.27. The lowest BCUT2D eigenvalue weighted by atomic mass is 9.95. The standard InChI is InChI=1S/C15H16N2O3/c1-17(9-13-6-7-20-16-13)15(18)12-8-11-4-2-3-5-14(11)19-10-12/h2-7,12H,8-10H2,1H3/t12-/m0/s1. The van der Waals surface area contributed by atoms with Gasteiger partial charge < -0.3 is 14.2 Å². The Kier molecular flexibility index (Phi) is 3.41. The van der Waals surface area contributed by atoms with Gasteiger partial charge in [-0.2, -0.15) is 0 Å². The maximum Gasteiger partial charge on any atom is 0.229 e. The second-order valence-electron chi connectivity index (χ2n) is 5.00. The van der Waals surface area contributed by atoms with Gasteiger partial charge in [0.25, 0.3) is 0 Å². The van der Waals surface area contributed by atoms with Gasteiger partial charge in [-0.05, 0) is 18.1 Å².